The van der Waals surface area contributed by atoms with Crippen molar-refractivity contribution in [3.8, 4) is 5.69 Å². The first-order valence-electron chi connectivity index (χ1n) is 7.59. The number of rotatable bonds is 5. The highest BCUT2D eigenvalue weighted by Gasteiger charge is 2.21. The highest BCUT2D eigenvalue weighted by Crippen LogP contribution is 2.21. The maximum Gasteiger partial charge on any atom is 0.198 e. The minimum atomic E-state index is -0.137. The number of hydrogen-bond donors (Lipinski definition) is 0. The third kappa shape index (κ3) is 3.83. The molecule has 2 aromatic carbocycles. The van der Waals surface area contributed by atoms with Crippen molar-refractivity contribution in [1.82, 2.24) is 25.1 Å². The fraction of sp³-hybridized carbons (Fsp3) is 0.111. The highest BCUT2D eigenvalue weighted by atomic mass is 79.9. The van der Waals surface area contributed by atoms with Crippen LogP contribution in [-0.2, 0) is 0 Å². The molecule has 0 amide bonds. The zero-order valence-corrected chi connectivity index (χ0v) is 15.4. The predicted octanol–water partition coefficient (Wildman–Crippen LogP) is 3.21. The predicted molar refractivity (Wildman–Crippen MR) is 99.3 cm³/mol. The van der Waals surface area contributed by atoms with Crippen LogP contribution in [0.15, 0.2) is 65.3 Å². The van der Waals surface area contributed by atoms with Gasteiger partial charge in [-0.05, 0) is 34.7 Å². The van der Waals surface area contributed by atoms with Crippen LogP contribution in [0.2, 0.25) is 0 Å². The molecule has 0 atom stereocenters. The first kappa shape index (κ1) is 17.0. The normalized spacial score (nSPS) is 11.4. The summed E-state index contributed by atoms with van der Waals surface area (Å²) in [6, 6.07) is 16.6. The van der Waals surface area contributed by atoms with E-state index in [4.69, 9.17) is 0 Å². The third-order valence-corrected chi connectivity index (χ3v) is 3.98. The second-order valence-electron chi connectivity index (χ2n) is 5.59. The Labute approximate surface area is 153 Å². The molecule has 3 aromatic rings. The van der Waals surface area contributed by atoms with E-state index in [1.54, 1.807) is 27.9 Å². The smallest absolute Gasteiger partial charge is 0.198 e. The van der Waals surface area contributed by atoms with E-state index in [0.717, 1.165) is 10.2 Å². The highest BCUT2D eigenvalue weighted by molar-refractivity contribution is 9.10. The van der Waals surface area contributed by atoms with Crippen LogP contribution in [0.4, 0.5) is 0 Å². The monoisotopic (exact) mass is 397 g/mol. The first-order valence-corrected chi connectivity index (χ1v) is 8.38. The van der Waals surface area contributed by atoms with E-state index in [9.17, 15) is 4.79 Å². The molecule has 0 bridgehead atoms. The zero-order valence-electron chi connectivity index (χ0n) is 13.8. The van der Waals surface area contributed by atoms with Crippen LogP contribution < -0.4 is 0 Å². The number of Topliss-reactive ketones (excluding diaryl/α,β-unsaturated/α-hetero) is 1. The van der Waals surface area contributed by atoms with Crippen LogP contribution in [-0.4, -0.2) is 45.0 Å². The van der Waals surface area contributed by atoms with Gasteiger partial charge in [0.05, 0.1) is 11.3 Å². The van der Waals surface area contributed by atoms with E-state index >= 15 is 0 Å². The molecule has 0 spiro atoms. The molecule has 0 unspecified atom stereocenters. The summed E-state index contributed by atoms with van der Waals surface area (Å²) in [5, 5.41) is 11.9. The molecular weight excluding hydrogens is 382 g/mol. The van der Waals surface area contributed by atoms with Gasteiger partial charge in [0, 0.05) is 30.3 Å². The van der Waals surface area contributed by atoms with Crippen molar-refractivity contribution in [3.05, 3.63) is 76.7 Å². The maximum atomic E-state index is 13.0. The van der Waals surface area contributed by atoms with E-state index in [0.29, 0.717) is 17.0 Å². The lowest BCUT2D eigenvalue weighted by atomic mass is 10.0. The van der Waals surface area contributed by atoms with Gasteiger partial charge >= 0.3 is 0 Å². The standard InChI is InChI=1S/C18H16BrN5O/c1-23(2)12-16(17(25)13-6-4-3-5-7-13)18-20-21-22-24(18)15-10-8-14(19)9-11-15/h3-12H,1-2H3/b16-12+. The van der Waals surface area contributed by atoms with Crippen LogP contribution >= 0.6 is 15.9 Å². The Balaban J connectivity index is 2.09. The quantitative estimate of drug-likeness (QED) is 0.488. The molecule has 0 radical (unpaired) electrons. The van der Waals surface area contributed by atoms with Crippen LogP contribution in [0.3, 0.4) is 0 Å². The van der Waals surface area contributed by atoms with E-state index in [-0.39, 0.29) is 5.78 Å². The number of ketones is 1. The minimum absolute atomic E-state index is 0.137. The van der Waals surface area contributed by atoms with Crippen LogP contribution in [0.5, 0.6) is 0 Å². The van der Waals surface area contributed by atoms with E-state index in [1.165, 1.54) is 0 Å². The summed E-state index contributed by atoms with van der Waals surface area (Å²) in [6.07, 6.45) is 1.73. The van der Waals surface area contributed by atoms with Gasteiger partial charge in [0.1, 0.15) is 0 Å². The Morgan fingerprint density at radius 3 is 2.40 bits per heavy atom. The summed E-state index contributed by atoms with van der Waals surface area (Å²) in [5.41, 5.74) is 1.78. The van der Waals surface area contributed by atoms with Gasteiger partial charge in [-0.25, -0.2) is 0 Å². The van der Waals surface area contributed by atoms with Crippen molar-refractivity contribution in [2.24, 2.45) is 0 Å². The molecule has 7 heteroatoms. The second kappa shape index (κ2) is 7.40. The summed E-state index contributed by atoms with van der Waals surface area (Å²) >= 11 is 3.41. The van der Waals surface area contributed by atoms with Gasteiger partial charge in [-0.15, -0.1) is 5.10 Å². The largest absolute Gasteiger partial charge is 0.383 e. The van der Waals surface area contributed by atoms with Gasteiger partial charge < -0.3 is 4.90 Å². The Morgan fingerprint density at radius 2 is 1.76 bits per heavy atom. The fourth-order valence-electron chi connectivity index (χ4n) is 2.33. The van der Waals surface area contributed by atoms with E-state index in [1.807, 2.05) is 56.6 Å². The lowest BCUT2D eigenvalue weighted by molar-refractivity contribution is 0.105. The van der Waals surface area contributed by atoms with Crippen molar-refractivity contribution in [2.45, 2.75) is 0 Å². The van der Waals surface area contributed by atoms with E-state index in [2.05, 4.69) is 31.5 Å². The van der Waals surface area contributed by atoms with Gasteiger partial charge in [0.15, 0.2) is 11.6 Å². The van der Waals surface area contributed by atoms with Gasteiger partial charge in [0.25, 0.3) is 0 Å². The molecule has 1 heterocycles. The maximum absolute atomic E-state index is 13.0. The molecular formula is C18H16BrN5O. The van der Waals surface area contributed by atoms with Crippen molar-refractivity contribution in [2.75, 3.05) is 14.1 Å². The summed E-state index contributed by atoms with van der Waals surface area (Å²) in [4.78, 5) is 14.8. The molecule has 3 rings (SSSR count). The fourth-order valence-corrected chi connectivity index (χ4v) is 2.60. The SMILES string of the molecule is CN(C)/C=C(\C(=O)c1ccccc1)c1nnnn1-c1ccc(Br)cc1. The average Bonchev–Trinajstić information content (AvgIpc) is 3.10. The topological polar surface area (TPSA) is 63.9 Å². The van der Waals surface area contributed by atoms with Crippen molar-refractivity contribution in [3.63, 3.8) is 0 Å². The number of carbonyl (C=O) groups is 1. The summed E-state index contributed by atoms with van der Waals surface area (Å²) in [5.74, 6) is 0.257. The molecule has 0 N–H and O–H groups in total. The number of nitrogens with zero attached hydrogens (tertiary/aromatic N) is 5. The van der Waals surface area contributed by atoms with Crippen molar-refractivity contribution in [1.29, 1.82) is 0 Å². The molecule has 0 aliphatic heterocycles. The number of allylic oxidation sites excluding steroid dienone is 1. The molecule has 6 nitrogen and oxygen atoms in total. The summed E-state index contributed by atoms with van der Waals surface area (Å²) in [7, 11) is 3.71. The molecule has 0 fully saturated rings. The summed E-state index contributed by atoms with van der Waals surface area (Å²) < 4.78 is 2.51. The molecule has 25 heavy (non-hydrogen) atoms. The lowest BCUT2D eigenvalue weighted by Gasteiger charge is -2.12. The average molecular weight is 398 g/mol. The molecule has 0 saturated heterocycles. The molecule has 0 aliphatic rings. The van der Waals surface area contributed by atoms with Crippen LogP contribution in [0.1, 0.15) is 16.2 Å². The Morgan fingerprint density at radius 1 is 1.08 bits per heavy atom. The lowest BCUT2D eigenvalue weighted by Crippen LogP contribution is -2.13. The Hall–Kier alpha value is -2.80. The summed E-state index contributed by atoms with van der Waals surface area (Å²) in [6.45, 7) is 0. The molecule has 0 aliphatic carbocycles. The van der Waals surface area contributed by atoms with E-state index < -0.39 is 0 Å². The first-order chi connectivity index (χ1) is 12.1. The zero-order chi connectivity index (χ0) is 17.8. The van der Waals surface area contributed by atoms with Gasteiger partial charge in [-0.1, -0.05) is 46.3 Å². The van der Waals surface area contributed by atoms with Crippen molar-refractivity contribution >= 4 is 27.3 Å². The third-order valence-electron chi connectivity index (χ3n) is 3.45. The minimum Gasteiger partial charge on any atom is -0.383 e. The second-order valence-corrected chi connectivity index (χ2v) is 6.51. The van der Waals surface area contributed by atoms with Crippen LogP contribution in [0.25, 0.3) is 11.3 Å². The van der Waals surface area contributed by atoms with Gasteiger partial charge in [-0.2, -0.15) is 4.68 Å². The number of halogens is 1. The van der Waals surface area contributed by atoms with Crippen molar-refractivity contribution < 1.29 is 4.79 Å². The van der Waals surface area contributed by atoms with Crippen LogP contribution in [0, 0.1) is 0 Å². The molecule has 126 valence electrons. The Bertz CT molecular complexity index is 901. The Kier molecular flexibility index (Phi) is 5.04. The van der Waals surface area contributed by atoms with Gasteiger partial charge in [0.2, 0.25) is 0 Å². The number of tetrazole rings is 1. The number of hydrogen-bond acceptors (Lipinski definition) is 5. The number of benzene rings is 2. The molecule has 0 saturated carbocycles. The number of aromatic nitrogens is 4. The molecule has 1 aromatic heterocycles. The number of carbonyl (C=O) groups excluding carboxylic acids is 1. The van der Waals surface area contributed by atoms with Gasteiger partial charge in [-0.3, -0.25) is 4.79 Å².